The second kappa shape index (κ2) is 10.1. The highest BCUT2D eigenvalue weighted by Gasteiger charge is 2.21. The monoisotopic (exact) mass is 492 g/mol. The van der Waals surface area contributed by atoms with E-state index in [9.17, 15) is 0 Å². The molecule has 1 heterocycles. The van der Waals surface area contributed by atoms with Crippen LogP contribution in [0.5, 0.6) is 0 Å². The molecule has 0 aliphatic heterocycles. The summed E-state index contributed by atoms with van der Waals surface area (Å²) in [5.41, 5.74) is 23.9. The van der Waals surface area contributed by atoms with Crippen LogP contribution in [0.2, 0.25) is 0 Å². The van der Waals surface area contributed by atoms with Crippen LogP contribution in [0.1, 0.15) is 0 Å². The van der Waals surface area contributed by atoms with Gasteiger partial charge in [-0.05, 0) is 60.7 Å². The van der Waals surface area contributed by atoms with Gasteiger partial charge < -0.3 is 27.8 Å². The Morgan fingerprint density at radius 3 is 1.59 bits per heavy atom. The number of rotatable bonds is 7. The summed E-state index contributed by atoms with van der Waals surface area (Å²) < 4.78 is 15.0. The predicted molar refractivity (Wildman–Crippen MR) is 149 cm³/mol. The third-order valence-corrected chi connectivity index (χ3v) is 5.65. The van der Waals surface area contributed by atoms with E-state index in [4.69, 9.17) is 17.2 Å². The molecule has 37 heavy (non-hydrogen) atoms. The highest BCUT2D eigenvalue weighted by molar-refractivity contribution is 5.85. The second-order valence-corrected chi connectivity index (χ2v) is 8.26. The van der Waals surface area contributed by atoms with Crippen molar-refractivity contribution in [2.75, 3.05) is 32.7 Å². The Morgan fingerprint density at radius 2 is 1.14 bits per heavy atom. The lowest BCUT2D eigenvalue weighted by Gasteiger charge is -2.26. The number of benzene rings is 4. The summed E-state index contributed by atoms with van der Waals surface area (Å²) in [6.07, 6.45) is 1.04. The fourth-order valence-electron chi connectivity index (χ4n) is 3.88. The lowest BCUT2D eigenvalue weighted by molar-refractivity contribution is 0.616. The van der Waals surface area contributed by atoms with Crippen LogP contribution in [-0.4, -0.2) is 9.97 Å². The van der Waals surface area contributed by atoms with E-state index in [0.717, 1.165) is 17.6 Å². The van der Waals surface area contributed by atoms with Crippen LogP contribution in [0.15, 0.2) is 103 Å². The highest BCUT2D eigenvalue weighted by atomic mass is 19.1. The van der Waals surface area contributed by atoms with Crippen molar-refractivity contribution in [2.45, 2.75) is 0 Å². The van der Waals surface area contributed by atoms with Gasteiger partial charge in [0.25, 0.3) is 0 Å². The third-order valence-electron chi connectivity index (χ3n) is 5.65. The number of aromatic nitrogens is 2. The van der Waals surface area contributed by atoms with Crippen molar-refractivity contribution in [1.82, 2.24) is 9.97 Å². The molecule has 0 saturated heterocycles. The fraction of sp³-hybridized carbons (Fsp3) is 0. The summed E-state index contributed by atoms with van der Waals surface area (Å²) in [7, 11) is 0. The smallest absolute Gasteiger partial charge is 0.222 e. The average molecular weight is 493 g/mol. The lowest BCUT2D eigenvalue weighted by Crippen LogP contribution is -2.16. The van der Waals surface area contributed by atoms with Crippen molar-refractivity contribution < 1.29 is 4.39 Å². The maximum atomic E-state index is 15.0. The summed E-state index contributed by atoms with van der Waals surface area (Å²) in [4.78, 5) is 9.53. The minimum absolute atomic E-state index is 0.0289. The Bertz CT molecular complexity index is 1440. The number of nitrogens with zero attached hydrogens (tertiary/aromatic N) is 3. The molecule has 5 rings (SSSR count). The zero-order chi connectivity index (χ0) is 25.8. The Hall–Kier alpha value is -5.31. The van der Waals surface area contributed by atoms with Gasteiger partial charge in [0.05, 0.1) is 28.9 Å². The number of hydrogen-bond donors (Lipinski definition) is 5. The Balaban J connectivity index is 1.54. The molecule has 9 heteroatoms. The topological polar surface area (TPSA) is 131 Å². The molecular formula is C28H25FN8. The Morgan fingerprint density at radius 1 is 0.649 bits per heavy atom. The second-order valence-electron chi connectivity index (χ2n) is 8.26. The first-order chi connectivity index (χ1) is 18.0. The van der Waals surface area contributed by atoms with E-state index in [0.29, 0.717) is 34.1 Å². The molecule has 0 aliphatic rings. The Labute approximate surface area is 213 Å². The molecule has 5 aromatic rings. The maximum Gasteiger partial charge on any atom is 0.222 e. The van der Waals surface area contributed by atoms with Crippen LogP contribution < -0.4 is 32.7 Å². The van der Waals surface area contributed by atoms with Crippen molar-refractivity contribution in [1.29, 1.82) is 0 Å². The maximum absolute atomic E-state index is 15.0. The SMILES string of the molecule is Nc1ncc(F)c(N(c2ccc(Nc3ccccc3)c(N)c2)c2ccc(Nc3ccccc3)c(N)c2)n1. The molecule has 8 nitrogen and oxygen atoms in total. The number of nitrogens with two attached hydrogens (primary N) is 3. The number of nitrogens with one attached hydrogen (secondary N) is 2. The molecule has 0 aliphatic carbocycles. The minimum Gasteiger partial charge on any atom is -0.397 e. The first kappa shape index (κ1) is 23.4. The molecular weight excluding hydrogens is 467 g/mol. The summed E-state index contributed by atoms with van der Waals surface area (Å²) in [5, 5.41) is 6.57. The predicted octanol–water partition coefficient (Wildman–Crippen LogP) is 6.32. The number of anilines is 10. The molecule has 0 atom stereocenters. The molecule has 1 aromatic heterocycles. The van der Waals surface area contributed by atoms with Crippen molar-refractivity contribution in [3.05, 3.63) is 109 Å². The van der Waals surface area contributed by atoms with E-state index in [-0.39, 0.29) is 11.8 Å². The van der Waals surface area contributed by atoms with Crippen molar-refractivity contribution in [2.24, 2.45) is 0 Å². The molecule has 0 unspecified atom stereocenters. The largest absolute Gasteiger partial charge is 0.397 e. The Kier molecular flexibility index (Phi) is 6.41. The van der Waals surface area contributed by atoms with Crippen molar-refractivity contribution in [3.8, 4) is 0 Å². The molecule has 184 valence electrons. The lowest BCUT2D eigenvalue weighted by atomic mass is 10.1. The van der Waals surface area contributed by atoms with Gasteiger partial charge in [-0.1, -0.05) is 36.4 Å². The molecule has 4 aromatic carbocycles. The van der Waals surface area contributed by atoms with Gasteiger partial charge in [0.1, 0.15) is 0 Å². The summed E-state index contributed by atoms with van der Waals surface area (Å²) in [5.74, 6) is -0.741. The molecule has 0 amide bonds. The standard InChI is InChI=1S/C28H25FN8/c29-22-17-33-28(32)36-27(22)37(20-11-13-25(23(30)15-20)34-18-7-3-1-4-8-18)21-12-14-26(24(31)16-21)35-19-9-5-2-6-10-19/h1-17,34-35H,30-31H2,(H2,32,33,36). The van der Waals surface area contributed by atoms with Crippen LogP contribution in [0.25, 0.3) is 0 Å². The van der Waals surface area contributed by atoms with E-state index in [1.54, 1.807) is 17.0 Å². The zero-order valence-corrected chi connectivity index (χ0v) is 19.8. The average Bonchev–Trinajstić information content (AvgIpc) is 2.90. The van der Waals surface area contributed by atoms with Crippen molar-refractivity contribution in [3.63, 3.8) is 0 Å². The molecule has 0 saturated carbocycles. The summed E-state index contributed by atoms with van der Waals surface area (Å²) in [6, 6.07) is 30.1. The van der Waals surface area contributed by atoms with Crippen LogP contribution in [0, 0.1) is 5.82 Å². The molecule has 8 N–H and O–H groups in total. The summed E-state index contributed by atoms with van der Waals surface area (Å²) in [6.45, 7) is 0. The van der Waals surface area contributed by atoms with Gasteiger partial charge in [-0.15, -0.1) is 0 Å². The van der Waals surface area contributed by atoms with Gasteiger partial charge in [0, 0.05) is 22.7 Å². The van der Waals surface area contributed by atoms with Gasteiger partial charge in [-0.25, -0.2) is 9.37 Å². The fourth-order valence-corrected chi connectivity index (χ4v) is 3.88. The van der Waals surface area contributed by atoms with Crippen LogP contribution in [0.4, 0.5) is 61.7 Å². The van der Waals surface area contributed by atoms with Crippen LogP contribution in [0.3, 0.4) is 0 Å². The van der Waals surface area contributed by atoms with Crippen LogP contribution >= 0.6 is 0 Å². The van der Waals surface area contributed by atoms with E-state index in [2.05, 4.69) is 20.6 Å². The van der Waals surface area contributed by atoms with E-state index < -0.39 is 5.82 Å². The number of para-hydroxylation sites is 2. The highest BCUT2D eigenvalue weighted by Crippen LogP contribution is 2.40. The first-order valence-electron chi connectivity index (χ1n) is 11.5. The van der Waals surface area contributed by atoms with Gasteiger partial charge in [0.15, 0.2) is 11.6 Å². The molecule has 0 bridgehead atoms. The zero-order valence-electron chi connectivity index (χ0n) is 19.8. The van der Waals surface area contributed by atoms with Crippen molar-refractivity contribution >= 4 is 57.3 Å². The quantitative estimate of drug-likeness (QED) is 0.167. The van der Waals surface area contributed by atoms with E-state index in [1.165, 1.54) is 0 Å². The first-order valence-corrected chi connectivity index (χ1v) is 11.5. The van der Waals surface area contributed by atoms with Gasteiger partial charge in [-0.2, -0.15) is 4.98 Å². The van der Waals surface area contributed by atoms with Crippen LogP contribution in [-0.2, 0) is 0 Å². The number of nitrogen functional groups attached to an aromatic ring is 3. The van der Waals surface area contributed by atoms with E-state index in [1.807, 2.05) is 84.9 Å². The molecule has 0 radical (unpaired) electrons. The molecule has 0 fully saturated rings. The third kappa shape index (κ3) is 5.20. The minimum atomic E-state index is -0.649. The van der Waals surface area contributed by atoms with Gasteiger partial charge >= 0.3 is 0 Å². The molecule has 0 spiro atoms. The van der Waals surface area contributed by atoms with Gasteiger partial charge in [-0.3, -0.25) is 4.90 Å². The summed E-state index contributed by atoms with van der Waals surface area (Å²) >= 11 is 0. The van der Waals surface area contributed by atoms with Gasteiger partial charge in [0.2, 0.25) is 5.95 Å². The normalized spacial score (nSPS) is 10.6. The number of hydrogen-bond acceptors (Lipinski definition) is 8. The van der Waals surface area contributed by atoms with E-state index >= 15 is 4.39 Å². The number of halogens is 1.